The Hall–Kier alpha value is -3.43. The molecule has 0 spiro atoms. The van der Waals surface area contributed by atoms with Gasteiger partial charge < -0.3 is 16.0 Å². The Kier molecular flexibility index (Phi) is 8.12. The molecule has 2 saturated heterocycles. The molecule has 2 fully saturated rings. The number of piperidine rings is 1. The van der Waals surface area contributed by atoms with E-state index < -0.39 is 28.2 Å². The molecule has 1 atom stereocenters. The molecule has 5 amide bonds. The van der Waals surface area contributed by atoms with E-state index in [0.717, 1.165) is 11.5 Å². The van der Waals surface area contributed by atoms with Crippen LogP contribution in [0.15, 0.2) is 24.3 Å². The van der Waals surface area contributed by atoms with E-state index in [0.29, 0.717) is 31.6 Å². The van der Waals surface area contributed by atoms with Gasteiger partial charge in [-0.25, -0.2) is 4.79 Å². The zero-order valence-corrected chi connectivity index (χ0v) is 17.0. The third kappa shape index (κ3) is 7.09. The van der Waals surface area contributed by atoms with E-state index in [-0.39, 0.29) is 18.2 Å². The number of amides is 5. The van der Waals surface area contributed by atoms with E-state index in [4.69, 9.17) is 10.3 Å². The lowest BCUT2D eigenvalue weighted by Gasteiger charge is -2.20. The van der Waals surface area contributed by atoms with Crippen LogP contribution in [-0.2, 0) is 24.3 Å². The molecular weight excluding hydrogens is 436 g/mol. The molecule has 3 rings (SSSR count). The number of hydrogen-bond donors (Lipinski definition) is 5. The molecule has 15 heteroatoms. The van der Waals surface area contributed by atoms with Gasteiger partial charge in [0.05, 0.1) is 18.2 Å². The van der Waals surface area contributed by atoms with Crippen LogP contribution in [0.5, 0.6) is 0 Å². The molecule has 0 radical (unpaired) electrons. The Morgan fingerprint density at radius 1 is 1.29 bits per heavy atom. The Balaban J connectivity index is 0.000000224. The SMILES string of the molecule is Nc1ccccc1C(=O)NNC(=O)CNC=O.O=C1N2CCCC(C2)N1OS(=O)(=O)O. The van der Waals surface area contributed by atoms with Gasteiger partial charge in [-0.05, 0) is 25.0 Å². The van der Waals surface area contributed by atoms with Gasteiger partial charge in [-0.2, -0.15) is 13.5 Å². The number of carbonyl (C=O) groups is 4. The van der Waals surface area contributed by atoms with Gasteiger partial charge >= 0.3 is 16.4 Å². The van der Waals surface area contributed by atoms with Crippen molar-refractivity contribution in [3.05, 3.63) is 29.8 Å². The fraction of sp³-hybridized carbons (Fsp3) is 0.375. The highest BCUT2D eigenvalue weighted by Crippen LogP contribution is 2.26. The number of nitrogens with zero attached hydrogens (tertiary/aromatic N) is 2. The van der Waals surface area contributed by atoms with Crippen LogP contribution in [0.4, 0.5) is 10.5 Å². The number of hydroxylamine groups is 2. The number of anilines is 1. The van der Waals surface area contributed by atoms with Crippen molar-refractivity contribution in [2.45, 2.75) is 18.9 Å². The molecule has 31 heavy (non-hydrogen) atoms. The summed E-state index contributed by atoms with van der Waals surface area (Å²) in [4.78, 5) is 45.4. The molecule has 2 aliphatic heterocycles. The molecule has 2 heterocycles. The lowest BCUT2D eigenvalue weighted by Crippen LogP contribution is -2.45. The Morgan fingerprint density at radius 3 is 2.61 bits per heavy atom. The normalized spacial score (nSPS) is 17.3. The second kappa shape index (κ2) is 10.6. The number of nitrogens with two attached hydrogens (primary N) is 1. The van der Waals surface area contributed by atoms with Gasteiger partial charge in [0.2, 0.25) is 6.41 Å². The first-order valence-electron chi connectivity index (χ1n) is 8.98. The molecule has 1 aromatic rings. The van der Waals surface area contributed by atoms with Crippen molar-refractivity contribution >= 4 is 40.3 Å². The first kappa shape index (κ1) is 23.8. The van der Waals surface area contributed by atoms with Gasteiger partial charge in [0.25, 0.3) is 11.8 Å². The minimum atomic E-state index is -4.60. The number of carbonyl (C=O) groups excluding carboxylic acids is 4. The van der Waals surface area contributed by atoms with Crippen molar-refractivity contribution in [2.24, 2.45) is 0 Å². The third-order valence-electron chi connectivity index (χ3n) is 4.23. The zero-order chi connectivity index (χ0) is 23.0. The summed E-state index contributed by atoms with van der Waals surface area (Å²) >= 11 is 0. The molecule has 2 bridgehead atoms. The summed E-state index contributed by atoms with van der Waals surface area (Å²) in [7, 11) is -4.60. The fourth-order valence-electron chi connectivity index (χ4n) is 2.89. The summed E-state index contributed by atoms with van der Waals surface area (Å²) in [5, 5.41) is 2.89. The van der Waals surface area contributed by atoms with Gasteiger partial charge in [-0.1, -0.05) is 12.1 Å². The molecule has 0 aromatic heterocycles. The minimum absolute atomic E-state index is 0.214. The Morgan fingerprint density at radius 2 is 2.00 bits per heavy atom. The summed E-state index contributed by atoms with van der Waals surface area (Å²) in [5.41, 5.74) is 10.4. The van der Waals surface area contributed by atoms with Crippen molar-refractivity contribution in [2.75, 3.05) is 25.4 Å². The third-order valence-corrected chi connectivity index (χ3v) is 4.58. The van der Waals surface area contributed by atoms with Crippen LogP contribution in [0, 0.1) is 0 Å². The molecule has 1 unspecified atom stereocenters. The molecule has 2 aliphatic rings. The van der Waals surface area contributed by atoms with Crippen molar-refractivity contribution in [3.8, 4) is 0 Å². The number of urea groups is 1. The van der Waals surface area contributed by atoms with Crippen LogP contribution in [-0.4, -0.2) is 72.9 Å². The van der Waals surface area contributed by atoms with Crippen molar-refractivity contribution in [1.29, 1.82) is 0 Å². The summed E-state index contributed by atoms with van der Waals surface area (Å²) in [6.45, 7) is 0.864. The number of para-hydroxylation sites is 1. The predicted molar refractivity (Wildman–Crippen MR) is 105 cm³/mol. The quantitative estimate of drug-likeness (QED) is 0.144. The topological polar surface area (TPSA) is 200 Å². The van der Waals surface area contributed by atoms with Crippen molar-refractivity contribution < 1.29 is 36.4 Å². The number of fused-ring (bicyclic) bond motifs is 2. The average Bonchev–Trinajstić information content (AvgIpc) is 2.93. The largest absolute Gasteiger partial charge is 0.418 e. The van der Waals surface area contributed by atoms with Gasteiger partial charge in [0, 0.05) is 18.8 Å². The summed E-state index contributed by atoms with van der Waals surface area (Å²) in [6.07, 6.45) is 1.90. The van der Waals surface area contributed by atoms with Gasteiger partial charge in [0.15, 0.2) is 0 Å². The molecular formula is C16H22N6O8S. The van der Waals surface area contributed by atoms with E-state index in [1.165, 1.54) is 11.0 Å². The van der Waals surface area contributed by atoms with E-state index in [1.807, 2.05) is 0 Å². The number of nitrogen functional groups attached to an aromatic ring is 1. The van der Waals surface area contributed by atoms with Gasteiger partial charge in [-0.15, -0.1) is 4.28 Å². The molecule has 0 saturated carbocycles. The summed E-state index contributed by atoms with van der Waals surface area (Å²) in [6, 6.07) is 5.69. The Bertz CT molecular complexity index is 940. The molecule has 1 aromatic carbocycles. The number of hydrazine groups is 1. The van der Waals surface area contributed by atoms with Crippen LogP contribution in [0.2, 0.25) is 0 Å². The number of nitrogens with one attached hydrogen (secondary N) is 3. The fourth-order valence-corrected chi connectivity index (χ4v) is 3.27. The number of hydrogen-bond acceptors (Lipinski definition) is 8. The van der Waals surface area contributed by atoms with Crippen LogP contribution in [0.1, 0.15) is 23.2 Å². The van der Waals surface area contributed by atoms with E-state index >= 15 is 0 Å². The van der Waals surface area contributed by atoms with Crippen LogP contribution in [0.25, 0.3) is 0 Å². The van der Waals surface area contributed by atoms with E-state index in [9.17, 15) is 27.6 Å². The van der Waals surface area contributed by atoms with Crippen LogP contribution in [0.3, 0.4) is 0 Å². The first-order valence-corrected chi connectivity index (χ1v) is 10.3. The maximum atomic E-state index is 11.5. The molecule has 14 nitrogen and oxygen atoms in total. The maximum absolute atomic E-state index is 11.5. The lowest BCUT2D eigenvalue weighted by molar-refractivity contribution is -0.122. The smallest absolute Gasteiger partial charge is 0.398 e. The standard InChI is InChI=1S/C10H12N4O3.C6H10N2O5S/c11-8-4-2-1-3-7(8)10(17)14-13-9(16)5-12-6-15;9-6-7-3-1-2-5(4-7)8(6)13-14(10,11)12/h1-4,6H,5,11H2,(H,12,15)(H,13,16)(H,14,17);5H,1-4H2,(H,10,11,12). The highest BCUT2D eigenvalue weighted by molar-refractivity contribution is 7.80. The highest BCUT2D eigenvalue weighted by atomic mass is 32.3. The Labute approximate surface area is 177 Å². The van der Waals surface area contributed by atoms with Crippen molar-refractivity contribution in [1.82, 2.24) is 26.1 Å². The summed E-state index contributed by atoms with van der Waals surface area (Å²) in [5.74, 6) is -1.07. The van der Waals surface area contributed by atoms with E-state index in [2.05, 4.69) is 20.5 Å². The number of rotatable bonds is 6. The maximum Gasteiger partial charge on any atom is 0.418 e. The second-order valence-electron chi connectivity index (χ2n) is 6.44. The predicted octanol–water partition coefficient (Wildman–Crippen LogP) is -1.60. The van der Waals surface area contributed by atoms with Crippen LogP contribution >= 0.6 is 0 Å². The highest BCUT2D eigenvalue weighted by Gasteiger charge is 2.42. The lowest BCUT2D eigenvalue weighted by atomic mass is 10.1. The summed E-state index contributed by atoms with van der Waals surface area (Å²) < 4.78 is 33.5. The minimum Gasteiger partial charge on any atom is -0.398 e. The van der Waals surface area contributed by atoms with Crippen LogP contribution < -0.4 is 21.9 Å². The first-order chi connectivity index (χ1) is 14.6. The van der Waals surface area contributed by atoms with Crippen molar-refractivity contribution in [3.63, 3.8) is 0 Å². The molecule has 6 N–H and O–H groups in total. The zero-order valence-electron chi connectivity index (χ0n) is 16.2. The van der Waals surface area contributed by atoms with Gasteiger partial charge in [0.1, 0.15) is 0 Å². The second-order valence-corrected chi connectivity index (χ2v) is 7.45. The monoisotopic (exact) mass is 458 g/mol. The number of benzene rings is 1. The molecule has 170 valence electrons. The average molecular weight is 458 g/mol. The molecule has 0 aliphatic carbocycles. The van der Waals surface area contributed by atoms with Gasteiger partial charge in [-0.3, -0.25) is 29.8 Å². The van der Waals surface area contributed by atoms with E-state index in [1.54, 1.807) is 18.2 Å².